The first-order valence-electron chi connectivity index (χ1n) is 10.5. The molecule has 158 valence electrons. The molecule has 2 heterocycles. The lowest BCUT2D eigenvalue weighted by Gasteiger charge is -2.35. The Bertz CT molecular complexity index is 553. The van der Waals surface area contributed by atoms with Crippen LogP contribution in [0.25, 0.3) is 0 Å². The van der Waals surface area contributed by atoms with E-state index in [1.165, 1.54) is 0 Å². The van der Waals surface area contributed by atoms with E-state index in [2.05, 4.69) is 20.4 Å². The van der Waals surface area contributed by atoms with Gasteiger partial charge in [0.25, 0.3) is 0 Å². The number of piperazine rings is 1. The van der Waals surface area contributed by atoms with Crippen LogP contribution in [0.2, 0.25) is 0 Å². The highest BCUT2D eigenvalue weighted by molar-refractivity contribution is 5.79. The van der Waals surface area contributed by atoms with Crippen molar-refractivity contribution in [2.75, 3.05) is 59.0 Å². The van der Waals surface area contributed by atoms with Gasteiger partial charge < -0.3 is 20.3 Å². The summed E-state index contributed by atoms with van der Waals surface area (Å²) in [5, 5.41) is 6.11. The van der Waals surface area contributed by atoms with Crippen LogP contribution in [0.5, 0.6) is 0 Å². The maximum absolute atomic E-state index is 12.3. The summed E-state index contributed by atoms with van der Waals surface area (Å²) in [6.45, 7) is 7.47. The van der Waals surface area contributed by atoms with Gasteiger partial charge >= 0.3 is 6.09 Å². The molecule has 3 amide bonds. The van der Waals surface area contributed by atoms with E-state index in [1.807, 2.05) is 0 Å². The highest BCUT2D eigenvalue weighted by atomic mass is 16.6. The van der Waals surface area contributed by atoms with Crippen molar-refractivity contribution < 1.29 is 19.1 Å². The van der Waals surface area contributed by atoms with Crippen LogP contribution in [-0.2, 0) is 14.3 Å². The van der Waals surface area contributed by atoms with E-state index in [4.69, 9.17) is 4.74 Å². The van der Waals surface area contributed by atoms with Crippen LogP contribution in [0.15, 0.2) is 0 Å². The first kappa shape index (κ1) is 20.9. The third kappa shape index (κ3) is 6.63. The number of hydrogen-bond donors (Lipinski definition) is 2. The normalized spacial score (nSPS) is 22.0. The smallest absolute Gasteiger partial charge is 0.409 e. The third-order valence-electron chi connectivity index (χ3n) is 5.53. The van der Waals surface area contributed by atoms with Gasteiger partial charge in [-0.25, -0.2) is 4.79 Å². The molecule has 2 aliphatic heterocycles. The molecule has 3 fully saturated rings. The predicted octanol–water partition coefficient (Wildman–Crippen LogP) is -0.380. The molecule has 1 aliphatic carbocycles. The average Bonchev–Trinajstić information content (AvgIpc) is 3.48. The number of ether oxygens (including phenoxy) is 1. The summed E-state index contributed by atoms with van der Waals surface area (Å²) < 4.78 is 5.02. The van der Waals surface area contributed by atoms with E-state index in [9.17, 15) is 14.4 Å². The molecule has 3 aliphatic rings. The van der Waals surface area contributed by atoms with Crippen molar-refractivity contribution in [3.63, 3.8) is 0 Å². The van der Waals surface area contributed by atoms with E-state index >= 15 is 0 Å². The van der Waals surface area contributed by atoms with E-state index in [1.54, 1.807) is 11.8 Å². The predicted molar refractivity (Wildman–Crippen MR) is 104 cm³/mol. The maximum atomic E-state index is 12.3. The molecular formula is C19H33N5O4. The van der Waals surface area contributed by atoms with Crippen LogP contribution in [0.1, 0.15) is 32.6 Å². The van der Waals surface area contributed by atoms with E-state index in [0.29, 0.717) is 38.8 Å². The van der Waals surface area contributed by atoms with Crippen LogP contribution < -0.4 is 10.6 Å². The van der Waals surface area contributed by atoms with Gasteiger partial charge in [0.05, 0.1) is 19.7 Å². The van der Waals surface area contributed by atoms with Crippen molar-refractivity contribution in [2.45, 2.75) is 44.7 Å². The fourth-order valence-electron chi connectivity index (χ4n) is 3.71. The van der Waals surface area contributed by atoms with E-state index in [0.717, 1.165) is 51.9 Å². The summed E-state index contributed by atoms with van der Waals surface area (Å²) in [6.07, 6.45) is 3.46. The largest absolute Gasteiger partial charge is 0.450 e. The fourth-order valence-corrected chi connectivity index (χ4v) is 3.71. The topological polar surface area (TPSA) is 94.2 Å². The van der Waals surface area contributed by atoms with E-state index in [-0.39, 0.29) is 23.9 Å². The maximum Gasteiger partial charge on any atom is 0.409 e. The number of piperidine rings is 1. The summed E-state index contributed by atoms with van der Waals surface area (Å²) in [4.78, 5) is 41.9. The lowest BCUT2D eigenvalue weighted by Crippen LogP contribution is -2.53. The SMILES string of the molecule is CCOC(=O)N1CCC(NC(=O)CN2CCN(CC(=O)NC3CC3)CC2)CC1. The van der Waals surface area contributed by atoms with Crippen LogP contribution >= 0.6 is 0 Å². The Balaban J connectivity index is 1.28. The Labute approximate surface area is 166 Å². The zero-order chi connectivity index (χ0) is 19.9. The molecule has 9 nitrogen and oxygen atoms in total. The van der Waals surface area contributed by atoms with Crippen LogP contribution in [-0.4, -0.2) is 104 Å². The molecule has 0 aromatic rings. The monoisotopic (exact) mass is 395 g/mol. The molecule has 1 saturated carbocycles. The molecule has 0 bridgehead atoms. The molecular weight excluding hydrogens is 362 g/mol. The molecule has 3 rings (SSSR count). The number of likely N-dealkylation sites (tertiary alicyclic amines) is 1. The second-order valence-corrected chi connectivity index (χ2v) is 7.92. The Morgan fingerprint density at radius 1 is 0.786 bits per heavy atom. The van der Waals surface area contributed by atoms with Crippen molar-refractivity contribution in [1.82, 2.24) is 25.3 Å². The van der Waals surface area contributed by atoms with Crippen molar-refractivity contribution in [1.29, 1.82) is 0 Å². The molecule has 2 saturated heterocycles. The molecule has 2 N–H and O–H groups in total. The van der Waals surface area contributed by atoms with Gasteiger partial charge in [-0.3, -0.25) is 19.4 Å². The number of carbonyl (C=O) groups is 3. The molecule has 0 radical (unpaired) electrons. The number of amides is 3. The molecule has 0 unspecified atom stereocenters. The molecule has 28 heavy (non-hydrogen) atoms. The highest BCUT2D eigenvalue weighted by Crippen LogP contribution is 2.18. The summed E-state index contributed by atoms with van der Waals surface area (Å²) in [7, 11) is 0. The number of hydrogen-bond acceptors (Lipinski definition) is 6. The number of carbonyl (C=O) groups excluding carboxylic acids is 3. The quantitative estimate of drug-likeness (QED) is 0.610. The average molecular weight is 396 g/mol. The summed E-state index contributed by atoms with van der Waals surface area (Å²) >= 11 is 0. The summed E-state index contributed by atoms with van der Waals surface area (Å²) in [6, 6.07) is 0.521. The zero-order valence-electron chi connectivity index (χ0n) is 16.8. The minimum absolute atomic E-state index is 0.0366. The van der Waals surface area contributed by atoms with Gasteiger partial charge in [-0.05, 0) is 32.6 Å². The lowest BCUT2D eigenvalue weighted by molar-refractivity contribution is -0.125. The number of nitrogens with zero attached hydrogens (tertiary/aromatic N) is 3. The Morgan fingerprint density at radius 2 is 1.25 bits per heavy atom. The molecule has 0 atom stereocenters. The van der Waals surface area contributed by atoms with Crippen molar-refractivity contribution in [2.24, 2.45) is 0 Å². The van der Waals surface area contributed by atoms with Crippen molar-refractivity contribution in [3.8, 4) is 0 Å². The van der Waals surface area contributed by atoms with Crippen LogP contribution in [0.4, 0.5) is 4.79 Å². The second-order valence-electron chi connectivity index (χ2n) is 7.92. The minimum atomic E-state index is -0.268. The first-order valence-corrected chi connectivity index (χ1v) is 10.5. The van der Waals surface area contributed by atoms with Gasteiger partial charge in [0.15, 0.2) is 0 Å². The van der Waals surface area contributed by atoms with Gasteiger partial charge in [-0.2, -0.15) is 0 Å². The molecule has 0 aromatic heterocycles. The van der Waals surface area contributed by atoms with Gasteiger partial charge in [-0.1, -0.05) is 0 Å². The van der Waals surface area contributed by atoms with Gasteiger partial charge in [0.1, 0.15) is 0 Å². The molecule has 0 aromatic carbocycles. The van der Waals surface area contributed by atoms with Gasteiger partial charge in [0, 0.05) is 51.4 Å². The van der Waals surface area contributed by atoms with E-state index < -0.39 is 0 Å². The Kier molecular flexibility index (Phi) is 7.50. The van der Waals surface area contributed by atoms with Crippen molar-refractivity contribution in [3.05, 3.63) is 0 Å². The first-order chi connectivity index (χ1) is 13.5. The highest BCUT2D eigenvalue weighted by Gasteiger charge is 2.27. The summed E-state index contributed by atoms with van der Waals surface area (Å²) in [5.74, 6) is 0.150. The van der Waals surface area contributed by atoms with Crippen molar-refractivity contribution >= 4 is 17.9 Å². The minimum Gasteiger partial charge on any atom is -0.450 e. The van der Waals surface area contributed by atoms with Crippen LogP contribution in [0, 0.1) is 0 Å². The van der Waals surface area contributed by atoms with Gasteiger partial charge in [0.2, 0.25) is 11.8 Å². The Morgan fingerprint density at radius 3 is 1.68 bits per heavy atom. The Hall–Kier alpha value is -1.87. The number of nitrogens with one attached hydrogen (secondary N) is 2. The zero-order valence-corrected chi connectivity index (χ0v) is 16.8. The summed E-state index contributed by atoms with van der Waals surface area (Å²) in [5.41, 5.74) is 0. The number of rotatable bonds is 7. The second kappa shape index (κ2) is 10.1. The fraction of sp³-hybridized carbons (Fsp3) is 0.842. The van der Waals surface area contributed by atoms with Gasteiger partial charge in [-0.15, -0.1) is 0 Å². The third-order valence-corrected chi connectivity index (χ3v) is 5.53. The van der Waals surface area contributed by atoms with Crippen LogP contribution in [0.3, 0.4) is 0 Å². The molecule has 0 spiro atoms. The lowest BCUT2D eigenvalue weighted by atomic mass is 10.1. The standard InChI is InChI=1S/C19H33N5O4/c1-2-28-19(27)24-7-5-16(6-8-24)21-18(26)14-23-11-9-22(10-12-23)13-17(25)20-15-3-4-15/h15-16H,2-14H2,1H3,(H,20,25)(H,21,26). The molecule has 9 heteroatoms.